The number of methoxy groups -OCH3 is 1. The number of aliphatic hydroxyl groups excluding tert-OH is 1. The predicted molar refractivity (Wildman–Crippen MR) is 98.9 cm³/mol. The van der Waals surface area contributed by atoms with Crippen LogP contribution < -0.4 is 10.1 Å². The Labute approximate surface area is 161 Å². The van der Waals surface area contributed by atoms with Crippen LogP contribution in [0.1, 0.15) is 34.9 Å². The van der Waals surface area contributed by atoms with Crippen LogP contribution in [-0.2, 0) is 0 Å². The number of nitrogens with zero attached hydrogens (tertiary/aromatic N) is 5. The number of ether oxygens (including phenoxy) is 1. The van der Waals surface area contributed by atoms with Crippen molar-refractivity contribution in [3.8, 4) is 11.7 Å². The highest BCUT2D eigenvalue weighted by atomic mass is 16.5. The summed E-state index contributed by atoms with van der Waals surface area (Å²) in [5.41, 5.74) is 1.15. The average molecular weight is 380 g/mol. The van der Waals surface area contributed by atoms with Crippen molar-refractivity contribution in [1.29, 1.82) is 0 Å². The van der Waals surface area contributed by atoms with Crippen LogP contribution in [0.3, 0.4) is 0 Å². The summed E-state index contributed by atoms with van der Waals surface area (Å²) in [6.07, 6.45) is 5.66. The van der Waals surface area contributed by atoms with Gasteiger partial charge in [0.05, 0.1) is 19.3 Å². The minimum Gasteiger partial charge on any atom is -0.481 e. The molecule has 1 fully saturated rings. The van der Waals surface area contributed by atoms with E-state index in [0.717, 1.165) is 5.56 Å². The molecule has 0 unspecified atom stereocenters. The van der Waals surface area contributed by atoms with E-state index in [1.165, 1.54) is 12.7 Å². The molecule has 0 saturated heterocycles. The Kier molecular flexibility index (Phi) is 4.98. The smallest absolute Gasteiger partial charge is 0.270 e. The zero-order valence-electron chi connectivity index (χ0n) is 15.3. The van der Waals surface area contributed by atoms with Gasteiger partial charge >= 0.3 is 0 Å². The molecule has 1 amide bonds. The second-order valence-corrected chi connectivity index (χ2v) is 6.72. The number of amides is 1. The van der Waals surface area contributed by atoms with Gasteiger partial charge in [0.1, 0.15) is 24.2 Å². The van der Waals surface area contributed by atoms with Crippen molar-refractivity contribution in [2.24, 2.45) is 5.92 Å². The van der Waals surface area contributed by atoms with Crippen LogP contribution in [0, 0.1) is 5.92 Å². The molecule has 0 spiro atoms. The molecule has 144 valence electrons. The molecule has 1 aliphatic rings. The van der Waals surface area contributed by atoms with E-state index < -0.39 is 0 Å². The van der Waals surface area contributed by atoms with Gasteiger partial charge in [-0.2, -0.15) is 0 Å². The zero-order valence-corrected chi connectivity index (χ0v) is 15.3. The number of aromatic nitrogens is 5. The summed E-state index contributed by atoms with van der Waals surface area (Å²) in [5.74, 6) is 0.900. The van der Waals surface area contributed by atoms with Crippen molar-refractivity contribution >= 4 is 5.91 Å². The number of rotatable bonds is 6. The molecule has 0 radical (unpaired) electrons. The first-order chi connectivity index (χ1) is 13.6. The summed E-state index contributed by atoms with van der Waals surface area (Å²) in [4.78, 5) is 21.5. The largest absolute Gasteiger partial charge is 0.481 e. The van der Waals surface area contributed by atoms with Crippen LogP contribution in [0.2, 0.25) is 0 Å². The van der Waals surface area contributed by atoms with Crippen molar-refractivity contribution in [1.82, 2.24) is 30.0 Å². The molecule has 1 aliphatic carbocycles. The normalized spacial score (nSPS) is 19.5. The highest BCUT2D eigenvalue weighted by Crippen LogP contribution is 2.38. The van der Waals surface area contributed by atoms with Gasteiger partial charge in [-0.15, -0.1) is 10.2 Å². The monoisotopic (exact) mass is 380 g/mol. The van der Waals surface area contributed by atoms with E-state index in [2.05, 4.69) is 25.5 Å². The van der Waals surface area contributed by atoms with Crippen LogP contribution in [0.5, 0.6) is 5.88 Å². The lowest BCUT2D eigenvalue weighted by Gasteiger charge is -2.38. The van der Waals surface area contributed by atoms with Gasteiger partial charge in [0.15, 0.2) is 0 Å². The first kappa shape index (κ1) is 18.1. The number of hydrogen-bond acceptors (Lipinski definition) is 7. The third kappa shape index (κ3) is 3.70. The van der Waals surface area contributed by atoms with Gasteiger partial charge in [0.2, 0.25) is 5.88 Å². The van der Waals surface area contributed by atoms with E-state index in [1.54, 1.807) is 42.1 Å². The molecule has 0 aliphatic heterocycles. The lowest BCUT2D eigenvalue weighted by atomic mass is 9.75. The van der Waals surface area contributed by atoms with Crippen LogP contribution in [0.15, 0.2) is 49.2 Å². The van der Waals surface area contributed by atoms with E-state index in [1.807, 2.05) is 6.07 Å². The molecular weight excluding hydrogens is 360 g/mol. The number of pyridine rings is 2. The molecule has 0 aromatic carbocycles. The van der Waals surface area contributed by atoms with Gasteiger partial charge in [-0.3, -0.25) is 9.36 Å². The maximum atomic E-state index is 12.9. The molecule has 0 bridgehead atoms. The van der Waals surface area contributed by atoms with Crippen LogP contribution in [0.25, 0.3) is 5.82 Å². The van der Waals surface area contributed by atoms with Crippen LogP contribution >= 0.6 is 0 Å². The summed E-state index contributed by atoms with van der Waals surface area (Å²) in [6, 6.07) is 8.55. The molecule has 3 heterocycles. The van der Waals surface area contributed by atoms with Gasteiger partial charge in [-0.05, 0) is 36.5 Å². The molecule has 9 nitrogen and oxygen atoms in total. The maximum Gasteiger partial charge on any atom is 0.270 e. The summed E-state index contributed by atoms with van der Waals surface area (Å²) in [7, 11) is 1.55. The van der Waals surface area contributed by atoms with Crippen LogP contribution in [-0.4, -0.2) is 49.0 Å². The summed E-state index contributed by atoms with van der Waals surface area (Å²) in [6.45, 7) is 0. The molecule has 28 heavy (non-hydrogen) atoms. The third-order valence-corrected chi connectivity index (χ3v) is 4.89. The number of nitrogens with one attached hydrogen (secondary N) is 1. The highest BCUT2D eigenvalue weighted by Gasteiger charge is 2.36. The molecular formula is C19H20N6O3. The standard InChI is InChI=1S/C19H20N6O3/c1-28-17-6-5-12(9-20-17)18(13-7-14(26)8-13)24-19(27)15-3-2-4-16(23-15)25-10-21-22-11-25/h2-6,9-11,13-14,18,26H,7-8H2,1H3,(H,24,27)/t13?,14?,18-/m0/s1. The Morgan fingerprint density at radius 1 is 1.25 bits per heavy atom. The van der Waals surface area contributed by atoms with Crippen LogP contribution in [0.4, 0.5) is 0 Å². The molecule has 4 rings (SSSR count). The second-order valence-electron chi connectivity index (χ2n) is 6.72. The van der Waals surface area contributed by atoms with Gasteiger partial charge in [0, 0.05) is 12.3 Å². The Morgan fingerprint density at radius 2 is 2.04 bits per heavy atom. The van der Waals surface area contributed by atoms with Crippen molar-refractivity contribution in [2.75, 3.05) is 7.11 Å². The first-order valence-electron chi connectivity index (χ1n) is 8.95. The highest BCUT2D eigenvalue weighted by molar-refractivity contribution is 5.92. The fourth-order valence-electron chi connectivity index (χ4n) is 3.30. The fourth-order valence-corrected chi connectivity index (χ4v) is 3.30. The number of carbonyl (C=O) groups is 1. The predicted octanol–water partition coefficient (Wildman–Crippen LogP) is 1.31. The Morgan fingerprint density at radius 3 is 2.68 bits per heavy atom. The zero-order chi connectivity index (χ0) is 19.5. The van der Waals surface area contributed by atoms with E-state index in [4.69, 9.17) is 4.74 Å². The first-order valence-corrected chi connectivity index (χ1v) is 8.95. The van der Waals surface area contributed by atoms with Gasteiger partial charge in [0.25, 0.3) is 5.91 Å². The lowest BCUT2D eigenvalue weighted by Crippen LogP contribution is -2.41. The van der Waals surface area contributed by atoms with Crippen molar-refractivity contribution in [3.63, 3.8) is 0 Å². The van der Waals surface area contributed by atoms with Crippen molar-refractivity contribution in [3.05, 3.63) is 60.4 Å². The minimum absolute atomic E-state index is 0.134. The van der Waals surface area contributed by atoms with E-state index >= 15 is 0 Å². The minimum atomic E-state index is -0.328. The Balaban J connectivity index is 1.56. The summed E-state index contributed by atoms with van der Waals surface area (Å²) >= 11 is 0. The van der Waals surface area contributed by atoms with Gasteiger partial charge in [-0.25, -0.2) is 9.97 Å². The van der Waals surface area contributed by atoms with E-state index in [9.17, 15) is 9.90 Å². The quantitative estimate of drug-likeness (QED) is 0.662. The molecule has 1 saturated carbocycles. The topological polar surface area (TPSA) is 115 Å². The summed E-state index contributed by atoms with van der Waals surface area (Å²) in [5, 5.41) is 20.3. The number of carbonyl (C=O) groups excluding carboxylic acids is 1. The number of aliphatic hydroxyl groups is 1. The fraction of sp³-hybridized carbons (Fsp3) is 0.316. The molecule has 3 aromatic heterocycles. The van der Waals surface area contributed by atoms with Crippen molar-refractivity contribution in [2.45, 2.75) is 25.0 Å². The second kappa shape index (κ2) is 7.73. The third-order valence-electron chi connectivity index (χ3n) is 4.89. The average Bonchev–Trinajstić information content (AvgIpc) is 3.25. The molecule has 2 N–H and O–H groups in total. The van der Waals surface area contributed by atoms with Gasteiger partial charge in [-0.1, -0.05) is 12.1 Å². The Bertz CT molecular complexity index is 939. The summed E-state index contributed by atoms with van der Waals surface area (Å²) < 4.78 is 6.73. The van der Waals surface area contributed by atoms with Gasteiger partial charge < -0.3 is 15.2 Å². The number of hydrogen-bond donors (Lipinski definition) is 2. The van der Waals surface area contributed by atoms with E-state index in [0.29, 0.717) is 24.5 Å². The molecule has 9 heteroatoms. The molecule has 1 atom stereocenters. The Hall–Kier alpha value is -3.33. The SMILES string of the molecule is COc1ccc([C@H](NC(=O)c2cccc(-n3cnnc3)n2)C2CC(O)C2)cn1. The molecule has 3 aromatic rings. The maximum absolute atomic E-state index is 12.9. The van der Waals surface area contributed by atoms with E-state index in [-0.39, 0.29) is 29.7 Å². The lowest BCUT2D eigenvalue weighted by molar-refractivity contribution is 0.0234. The van der Waals surface area contributed by atoms with Crippen molar-refractivity contribution < 1.29 is 14.6 Å².